The SMILES string of the molecule is CCCNC1CCN(C(=O)Cc2ccc(C)cc2)CC1C. The Morgan fingerprint density at radius 2 is 2.05 bits per heavy atom. The normalized spacial score (nSPS) is 22.3. The summed E-state index contributed by atoms with van der Waals surface area (Å²) in [6, 6.07) is 8.84. The lowest BCUT2D eigenvalue weighted by atomic mass is 9.93. The lowest BCUT2D eigenvalue weighted by molar-refractivity contribution is -0.132. The zero-order chi connectivity index (χ0) is 15.2. The first kappa shape index (κ1) is 16.0. The minimum atomic E-state index is 0.264. The Morgan fingerprint density at radius 1 is 1.33 bits per heavy atom. The number of carbonyl (C=O) groups is 1. The number of benzene rings is 1. The molecule has 1 amide bonds. The number of hydrogen-bond acceptors (Lipinski definition) is 2. The molecule has 0 radical (unpaired) electrons. The molecule has 1 aliphatic heterocycles. The summed E-state index contributed by atoms with van der Waals surface area (Å²) in [6.45, 7) is 9.35. The summed E-state index contributed by atoms with van der Waals surface area (Å²) in [5.74, 6) is 0.798. The van der Waals surface area contributed by atoms with Gasteiger partial charge in [0.1, 0.15) is 0 Å². The topological polar surface area (TPSA) is 32.3 Å². The van der Waals surface area contributed by atoms with Crippen LogP contribution < -0.4 is 5.32 Å². The molecule has 0 spiro atoms. The third-order valence-corrected chi connectivity index (χ3v) is 4.39. The molecule has 1 heterocycles. The quantitative estimate of drug-likeness (QED) is 0.903. The van der Waals surface area contributed by atoms with Crippen LogP contribution in [-0.2, 0) is 11.2 Å². The molecule has 1 aromatic rings. The Morgan fingerprint density at radius 3 is 2.67 bits per heavy atom. The maximum Gasteiger partial charge on any atom is 0.227 e. The van der Waals surface area contributed by atoms with E-state index in [2.05, 4.69) is 50.4 Å². The van der Waals surface area contributed by atoms with Crippen molar-refractivity contribution in [1.82, 2.24) is 10.2 Å². The summed E-state index contributed by atoms with van der Waals surface area (Å²) in [5, 5.41) is 3.60. The molecular weight excluding hydrogens is 260 g/mol. The smallest absolute Gasteiger partial charge is 0.227 e. The number of amides is 1. The van der Waals surface area contributed by atoms with Crippen molar-refractivity contribution < 1.29 is 4.79 Å². The van der Waals surface area contributed by atoms with Crippen LogP contribution in [0.4, 0.5) is 0 Å². The van der Waals surface area contributed by atoms with Gasteiger partial charge in [-0.1, -0.05) is 43.7 Å². The summed E-state index contributed by atoms with van der Waals surface area (Å²) in [5.41, 5.74) is 2.35. The molecule has 21 heavy (non-hydrogen) atoms. The van der Waals surface area contributed by atoms with Gasteiger partial charge in [0.15, 0.2) is 0 Å². The Bertz CT molecular complexity index is 455. The Kier molecular flexibility index (Phi) is 5.80. The number of nitrogens with one attached hydrogen (secondary N) is 1. The molecule has 1 aliphatic rings. The number of likely N-dealkylation sites (tertiary alicyclic amines) is 1. The molecule has 1 fully saturated rings. The van der Waals surface area contributed by atoms with Crippen molar-refractivity contribution in [3.05, 3.63) is 35.4 Å². The van der Waals surface area contributed by atoms with Crippen LogP contribution in [0.25, 0.3) is 0 Å². The number of aryl methyl sites for hydroxylation is 1. The van der Waals surface area contributed by atoms with Gasteiger partial charge in [0, 0.05) is 19.1 Å². The second-order valence-corrected chi connectivity index (χ2v) is 6.33. The second kappa shape index (κ2) is 7.60. The molecule has 1 aromatic carbocycles. The van der Waals surface area contributed by atoms with E-state index in [0.717, 1.165) is 31.6 Å². The van der Waals surface area contributed by atoms with Crippen LogP contribution >= 0.6 is 0 Å². The average Bonchev–Trinajstić information content (AvgIpc) is 2.48. The highest BCUT2D eigenvalue weighted by atomic mass is 16.2. The molecule has 1 saturated heterocycles. The van der Waals surface area contributed by atoms with E-state index in [0.29, 0.717) is 18.4 Å². The molecule has 1 N–H and O–H groups in total. The largest absolute Gasteiger partial charge is 0.342 e. The minimum absolute atomic E-state index is 0.264. The number of rotatable bonds is 5. The van der Waals surface area contributed by atoms with Crippen molar-refractivity contribution in [2.75, 3.05) is 19.6 Å². The molecule has 0 bridgehead atoms. The van der Waals surface area contributed by atoms with Gasteiger partial charge in [-0.25, -0.2) is 0 Å². The van der Waals surface area contributed by atoms with Gasteiger partial charge in [-0.2, -0.15) is 0 Å². The van der Waals surface area contributed by atoms with Gasteiger partial charge in [-0.3, -0.25) is 4.79 Å². The number of piperidine rings is 1. The van der Waals surface area contributed by atoms with E-state index in [1.807, 2.05) is 4.90 Å². The van der Waals surface area contributed by atoms with Crippen molar-refractivity contribution in [2.24, 2.45) is 5.92 Å². The maximum absolute atomic E-state index is 12.4. The molecule has 2 atom stereocenters. The third-order valence-electron chi connectivity index (χ3n) is 4.39. The van der Waals surface area contributed by atoms with E-state index in [4.69, 9.17) is 0 Å². The van der Waals surface area contributed by atoms with Crippen LogP contribution in [-0.4, -0.2) is 36.5 Å². The fourth-order valence-corrected chi connectivity index (χ4v) is 3.00. The summed E-state index contributed by atoms with van der Waals surface area (Å²) < 4.78 is 0. The zero-order valence-corrected chi connectivity index (χ0v) is 13.6. The van der Waals surface area contributed by atoms with Gasteiger partial charge in [0.25, 0.3) is 0 Å². The third kappa shape index (κ3) is 4.57. The average molecular weight is 288 g/mol. The molecule has 2 unspecified atom stereocenters. The van der Waals surface area contributed by atoms with Gasteiger partial charge in [-0.05, 0) is 37.8 Å². The van der Waals surface area contributed by atoms with E-state index >= 15 is 0 Å². The lowest BCUT2D eigenvalue weighted by Gasteiger charge is -2.37. The predicted molar refractivity (Wildman–Crippen MR) is 87.3 cm³/mol. The maximum atomic E-state index is 12.4. The summed E-state index contributed by atoms with van der Waals surface area (Å²) >= 11 is 0. The summed E-state index contributed by atoms with van der Waals surface area (Å²) in [6.07, 6.45) is 2.76. The minimum Gasteiger partial charge on any atom is -0.342 e. The van der Waals surface area contributed by atoms with Crippen molar-refractivity contribution in [2.45, 2.75) is 46.1 Å². The van der Waals surface area contributed by atoms with Crippen LogP contribution in [0.1, 0.15) is 37.8 Å². The van der Waals surface area contributed by atoms with Gasteiger partial charge in [0.2, 0.25) is 5.91 Å². The molecule has 0 aliphatic carbocycles. The van der Waals surface area contributed by atoms with Gasteiger partial charge in [0.05, 0.1) is 6.42 Å². The van der Waals surface area contributed by atoms with Crippen LogP contribution in [0.2, 0.25) is 0 Å². The monoisotopic (exact) mass is 288 g/mol. The van der Waals surface area contributed by atoms with Crippen LogP contribution in [0, 0.1) is 12.8 Å². The van der Waals surface area contributed by atoms with E-state index in [1.165, 1.54) is 12.0 Å². The number of hydrogen-bond donors (Lipinski definition) is 1. The van der Waals surface area contributed by atoms with Gasteiger partial charge in [-0.15, -0.1) is 0 Å². The first-order chi connectivity index (χ1) is 10.1. The van der Waals surface area contributed by atoms with Crippen LogP contribution in [0.5, 0.6) is 0 Å². The van der Waals surface area contributed by atoms with E-state index < -0.39 is 0 Å². The highest BCUT2D eigenvalue weighted by Crippen LogP contribution is 2.18. The Labute approximate surface area is 128 Å². The first-order valence-electron chi connectivity index (χ1n) is 8.17. The molecule has 2 rings (SSSR count). The number of nitrogens with zero attached hydrogens (tertiary/aromatic N) is 1. The highest BCUT2D eigenvalue weighted by molar-refractivity contribution is 5.78. The van der Waals surface area contributed by atoms with Crippen molar-refractivity contribution in [1.29, 1.82) is 0 Å². The van der Waals surface area contributed by atoms with Gasteiger partial charge >= 0.3 is 0 Å². The summed E-state index contributed by atoms with van der Waals surface area (Å²) in [7, 11) is 0. The fourth-order valence-electron chi connectivity index (χ4n) is 3.00. The van der Waals surface area contributed by atoms with Crippen LogP contribution in [0.3, 0.4) is 0 Å². The van der Waals surface area contributed by atoms with Crippen molar-refractivity contribution in [3.8, 4) is 0 Å². The Hall–Kier alpha value is -1.35. The zero-order valence-electron chi connectivity index (χ0n) is 13.6. The molecule has 3 heteroatoms. The van der Waals surface area contributed by atoms with Crippen LogP contribution in [0.15, 0.2) is 24.3 Å². The first-order valence-corrected chi connectivity index (χ1v) is 8.17. The lowest BCUT2D eigenvalue weighted by Crippen LogP contribution is -2.50. The van der Waals surface area contributed by atoms with Crippen molar-refractivity contribution >= 4 is 5.91 Å². The summed E-state index contributed by atoms with van der Waals surface area (Å²) in [4.78, 5) is 14.5. The molecule has 0 aromatic heterocycles. The van der Waals surface area contributed by atoms with Gasteiger partial charge < -0.3 is 10.2 Å². The van der Waals surface area contributed by atoms with E-state index in [-0.39, 0.29) is 5.91 Å². The molecular formula is C18H28N2O. The Balaban J connectivity index is 1.85. The number of carbonyl (C=O) groups excluding carboxylic acids is 1. The highest BCUT2D eigenvalue weighted by Gasteiger charge is 2.27. The molecule has 3 nitrogen and oxygen atoms in total. The fraction of sp³-hybridized carbons (Fsp3) is 0.611. The molecule has 0 saturated carbocycles. The van der Waals surface area contributed by atoms with Crippen molar-refractivity contribution in [3.63, 3.8) is 0 Å². The molecule has 116 valence electrons. The predicted octanol–water partition coefficient (Wildman–Crippen LogP) is 2.77. The second-order valence-electron chi connectivity index (χ2n) is 6.33. The standard InChI is InChI=1S/C18H28N2O/c1-4-10-19-17-9-11-20(13-15(17)3)18(21)12-16-7-5-14(2)6-8-16/h5-8,15,17,19H,4,9-13H2,1-3H3. The van der Waals surface area contributed by atoms with E-state index in [1.54, 1.807) is 0 Å². The van der Waals surface area contributed by atoms with E-state index in [9.17, 15) is 4.79 Å².